The van der Waals surface area contributed by atoms with Crippen molar-refractivity contribution in [1.29, 1.82) is 0 Å². The molecule has 1 heterocycles. The first-order chi connectivity index (χ1) is 7.64. The Labute approximate surface area is 104 Å². The summed E-state index contributed by atoms with van der Waals surface area (Å²) in [4.78, 5) is 0. The van der Waals surface area contributed by atoms with Crippen LogP contribution in [0.15, 0.2) is 16.6 Å². The van der Waals surface area contributed by atoms with Gasteiger partial charge in [0.05, 0.1) is 4.47 Å². The predicted molar refractivity (Wildman–Crippen MR) is 67.9 cm³/mol. The molecule has 1 unspecified atom stereocenters. The van der Waals surface area contributed by atoms with Crippen LogP contribution in [0.4, 0.5) is 0 Å². The van der Waals surface area contributed by atoms with Crippen LogP contribution < -0.4 is 10.5 Å². The molecular weight excluding hydrogens is 266 g/mol. The molecule has 1 saturated carbocycles. The summed E-state index contributed by atoms with van der Waals surface area (Å²) in [6, 6.07) is 4.49. The Morgan fingerprint density at radius 1 is 1.50 bits per heavy atom. The van der Waals surface area contributed by atoms with Gasteiger partial charge < -0.3 is 10.5 Å². The molecule has 1 fully saturated rings. The standard InChI is InChI=1S/C13H16BrNO/c1-8-4-9-5-10(13(7-15)2-3-13)6-11(14)12(9)16-8/h5-6,8H,2-4,7,15H2,1H3. The molecule has 16 heavy (non-hydrogen) atoms. The molecule has 0 aromatic heterocycles. The molecule has 1 aromatic carbocycles. The number of halogens is 1. The quantitative estimate of drug-likeness (QED) is 0.905. The third-order valence-corrected chi connectivity index (χ3v) is 4.39. The van der Waals surface area contributed by atoms with E-state index in [4.69, 9.17) is 10.5 Å². The zero-order valence-corrected chi connectivity index (χ0v) is 11.0. The van der Waals surface area contributed by atoms with Crippen molar-refractivity contribution in [3.63, 3.8) is 0 Å². The number of ether oxygens (including phenoxy) is 1. The van der Waals surface area contributed by atoms with E-state index in [2.05, 4.69) is 35.0 Å². The van der Waals surface area contributed by atoms with Crippen LogP contribution in [-0.4, -0.2) is 12.6 Å². The number of rotatable bonds is 2. The SMILES string of the molecule is CC1Cc2cc(C3(CN)CC3)cc(Br)c2O1. The normalized spacial score (nSPS) is 25.1. The largest absolute Gasteiger partial charge is 0.489 e. The molecule has 0 saturated heterocycles. The summed E-state index contributed by atoms with van der Waals surface area (Å²) in [5.41, 5.74) is 8.86. The minimum absolute atomic E-state index is 0.267. The third kappa shape index (κ3) is 1.49. The summed E-state index contributed by atoms with van der Waals surface area (Å²) in [5.74, 6) is 1.03. The minimum atomic E-state index is 0.267. The second-order valence-corrected chi connectivity index (χ2v) is 5.92. The van der Waals surface area contributed by atoms with Crippen molar-refractivity contribution in [2.75, 3.05) is 6.54 Å². The van der Waals surface area contributed by atoms with Crippen LogP contribution in [0.25, 0.3) is 0 Å². The van der Waals surface area contributed by atoms with Gasteiger partial charge in [-0.15, -0.1) is 0 Å². The first-order valence-electron chi connectivity index (χ1n) is 5.84. The van der Waals surface area contributed by atoms with E-state index in [1.165, 1.54) is 24.0 Å². The van der Waals surface area contributed by atoms with Gasteiger partial charge in [-0.2, -0.15) is 0 Å². The van der Waals surface area contributed by atoms with Crippen molar-refractivity contribution < 1.29 is 4.74 Å². The van der Waals surface area contributed by atoms with Crippen molar-refractivity contribution in [2.45, 2.75) is 37.7 Å². The molecule has 0 amide bonds. The van der Waals surface area contributed by atoms with E-state index in [0.717, 1.165) is 23.2 Å². The lowest BCUT2D eigenvalue weighted by Gasteiger charge is -2.15. The lowest BCUT2D eigenvalue weighted by molar-refractivity contribution is 0.253. The van der Waals surface area contributed by atoms with Gasteiger partial charge in [-0.05, 0) is 52.9 Å². The number of hydrogen-bond acceptors (Lipinski definition) is 2. The highest BCUT2D eigenvalue weighted by Crippen LogP contribution is 2.50. The third-order valence-electron chi connectivity index (χ3n) is 3.80. The summed E-state index contributed by atoms with van der Waals surface area (Å²) in [5, 5.41) is 0. The highest BCUT2D eigenvalue weighted by molar-refractivity contribution is 9.10. The first-order valence-corrected chi connectivity index (χ1v) is 6.63. The van der Waals surface area contributed by atoms with E-state index in [9.17, 15) is 0 Å². The number of benzene rings is 1. The van der Waals surface area contributed by atoms with E-state index in [-0.39, 0.29) is 5.41 Å². The molecule has 3 heteroatoms. The lowest BCUT2D eigenvalue weighted by atomic mass is 9.93. The fourth-order valence-corrected chi connectivity index (χ4v) is 3.15. The lowest BCUT2D eigenvalue weighted by Crippen LogP contribution is -2.19. The Balaban J connectivity index is 2.05. The zero-order chi connectivity index (χ0) is 11.3. The van der Waals surface area contributed by atoms with Gasteiger partial charge in [-0.3, -0.25) is 0 Å². The Morgan fingerprint density at radius 2 is 2.25 bits per heavy atom. The topological polar surface area (TPSA) is 35.2 Å². The molecule has 1 aliphatic carbocycles. The molecule has 0 radical (unpaired) electrons. The van der Waals surface area contributed by atoms with Gasteiger partial charge in [0, 0.05) is 18.4 Å². The van der Waals surface area contributed by atoms with Gasteiger partial charge in [-0.1, -0.05) is 6.07 Å². The Kier molecular flexibility index (Phi) is 2.30. The molecule has 2 N–H and O–H groups in total. The first kappa shape index (κ1) is 10.6. The van der Waals surface area contributed by atoms with Crippen molar-refractivity contribution in [2.24, 2.45) is 5.73 Å². The molecule has 2 aliphatic rings. The fourth-order valence-electron chi connectivity index (χ4n) is 2.55. The highest BCUT2D eigenvalue weighted by Gasteiger charge is 2.43. The van der Waals surface area contributed by atoms with Crippen LogP contribution in [-0.2, 0) is 11.8 Å². The number of fused-ring (bicyclic) bond motifs is 1. The monoisotopic (exact) mass is 281 g/mol. The number of hydrogen-bond donors (Lipinski definition) is 1. The molecular formula is C13H16BrNO. The van der Waals surface area contributed by atoms with Gasteiger partial charge >= 0.3 is 0 Å². The second-order valence-electron chi connectivity index (χ2n) is 5.06. The van der Waals surface area contributed by atoms with E-state index >= 15 is 0 Å². The highest BCUT2D eigenvalue weighted by atomic mass is 79.9. The van der Waals surface area contributed by atoms with Crippen molar-refractivity contribution in [3.8, 4) is 5.75 Å². The summed E-state index contributed by atoms with van der Waals surface area (Å²) in [6.45, 7) is 2.87. The average molecular weight is 282 g/mol. The maximum Gasteiger partial charge on any atom is 0.137 e. The van der Waals surface area contributed by atoms with E-state index in [0.29, 0.717) is 6.10 Å². The van der Waals surface area contributed by atoms with Crippen LogP contribution >= 0.6 is 15.9 Å². The van der Waals surface area contributed by atoms with Crippen LogP contribution in [0.5, 0.6) is 5.75 Å². The molecule has 1 aromatic rings. The van der Waals surface area contributed by atoms with Crippen LogP contribution in [0.1, 0.15) is 30.9 Å². The zero-order valence-electron chi connectivity index (χ0n) is 9.42. The van der Waals surface area contributed by atoms with Gasteiger partial charge in [0.25, 0.3) is 0 Å². The molecule has 3 rings (SSSR count). The molecule has 0 bridgehead atoms. The summed E-state index contributed by atoms with van der Waals surface area (Å²) >= 11 is 3.61. The van der Waals surface area contributed by atoms with Crippen LogP contribution in [0, 0.1) is 0 Å². The molecule has 2 nitrogen and oxygen atoms in total. The second kappa shape index (κ2) is 3.47. The summed E-state index contributed by atoms with van der Waals surface area (Å²) < 4.78 is 6.87. The van der Waals surface area contributed by atoms with Crippen LogP contribution in [0.2, 0.25) is 0 Å². The van der Waals surface area contributed by atoms with E-state index in [1.807, 2.05) is 0 Å². The van der Waals surface area contributed by atoms with E-state index in [1.54, 1.807) is 0 Å². The molecule has 1 atom stereocenters. The van der Waals surface area contributed by atoms with Crippen molar-refractivity contribution >= 4 is 15.9 Å². The Hall–Kier alpha value is -0.540. The molecule has 1 aliphatic heterocycles. The van der Waals surface area contributed by atoms with Gasteiger partial charge in [0.2, 0.25) is 0 Å². The van der Waals surface area contributed by atoms with Gasteiger partial charge in [-0.25, -0.2) is 0 Å². The van der Waals surface area contributed by atoms with Gasteiger partial charge in [0.1, 0.15) is 11.9 Å². The van der Waals surface area contributed by atoms with Gasteiger partial charge in [0.15, 0.2) is 0 Å². The Bertz CT molecular complexity index is 440. The van der Waals surface area contributed by atoms with Crippen molar-refractivity contribution in [3.05, 3.63) is 27.7 Å². The summed E-state index contributed by atoms with van der Waals surface area (Å²) in [6.07, 6.45) is 3.77. The molecule has 86 valence electrons. The summed E-state index contributed by atoms with van der Waals surface area (Å²) in [7, 11) is 0. The van der Waals surface area contributed by atoms with Crippen LogP contribution in [0.3, 0.4) is 0 Å². The number of nitrogens with two attached hydrogens (primary N) is 1. The predicted octanol–water partition coefficient (Wildman–Crippen LogP) is 2.76. The fraction of sp³-hybridized carbons (Fsp3) is 0.538. The minimum Gasteiger partial charge on any atom is -0.489 e. The maximum absolute atomic E-state index is 5.88. The van der Waals surface area contributed by atoms with E-state index < -0.39 is 0 Å². The maximum atomic E-state index is 5.88. The Morgan fingerprint density at radius 3 is 2.88 bits per heavy atom. The smallest absolute Gasteiger partial charge is 0.137 e. The molecule has 0 spiro atoms. The van der Waals surface area contributed by atoms with Crippen molar-refractivity contribution in [1.82, 2.24) is 0 Å². The average Bonchev–Trinajstić information content (AvgIpc) is 2.96.